The number of hydrogen-bond donors (Lipinski definition) is 1. The van der Waals surface area contributed by atoms with Crippen molar-refractivity contribution in [1.29, 1.82) is 0 Å². The fourth-order valence-corrected chi connectivity index (χ4v) is 1.21. The fraction of sp³-hybridized carbons (Fsp3) is 0.800. The van der Waals surface area contributed by atoms with Crippen LogP contribution in [0.3, 0.4) is 0 Å². The van der Waals surface area contributed by atoms with Crippen LogP contribution in [0.2, 0.25) is 0 Å². The average molecular weight is 130 g/mol. The van der Waals surface area contributed by atoms with Crippen LogP contribution >= 0.6 is 12.1 Å². The molecule has 46 valence electrons. The first-order valence-electron chi connectivity index (χ1n) is 2.76. The topological polar surface area (TPSA) is 24.4 Å². The van der Waals surface area contributed by atoms with E-state index >= 15 is 0 Å². The zero-order chi connectivity index (χ0) is 5.98. The van der Waals surface area contributed by atoms with Crippen molar-refractivity contribution in [2.45, 2.75) is 13.8 Å². The summed E-state index contributed by atoms with van der Waals surface area (Å²) in [6.45, 7) is 5.28. The van der Waals surface area contributed by atoms with Crippen LogP contribution in [0.1, 0.15) is 13.8 Å². The zero-order valence-corrected chi connectivity index (χ0v) is 5.96. The molecule has 1 heterocycles. The molecule has 0 bridgehead atoms. The van der Waals surface area contributed by atoms with Crippen LogP contribution in [0.5, 0.6) is 0 Å². The number of nitrogens with one attached hydrogen (secondary N) is 1. The smallest absolute Gasteiger partial charge is 0.0589 e. The third-order valence-electron chi connectivity index (χ3n) is 1.15. The number of rotatable bonds is 1. The summed E-state index contributed by atoms with van der Waals surface area (Å²) in [5, 5.41) is 0. The summed E-state index contributed by atoms with van der Waals surface area (Å²) in [5.74, 6) is 0.609. The van der Waals surface area contributed by atoms with Crippen molar-refractivity contribution in [3.05, 3.63) is 0 Å². The molecular weight excluding hydrogens is 120 g/mol. The van der Waals surface area contributed by atoms with E-state index in [1.807, 2.05) is 0 Å². The van der Waals surface area contributed by atoms with Gasteiger partial charge in [0.1, 0.15) is 0 Å². The molecule has 1 aliphatic heterocycles. The van der Waals surface area contributed by atoms with Gasteiger partial charge in [-0.3, -0.25) is 0 Å². The molecule has 0 saturated heterocycles. The van der Waals surface area contributed by atoms with Gasteiger partial charge in [0.25, 0.3) is 0 Å². The Bertz CT molecular complexity index is 109. The lowest BCUT2D eigenvalue weighted by atomic mass is 10.1. The molecule has 0 spiro atoms. The number of hydrogen-bond acceptors (Lipinski definition) is 3. The first-order chi connectivity index (χ1) is 3.80. The van der Waals surface area contributed by atoms with Crippen molar-refractivity contribution >= 4 is 17.8 Å². The maximum Gasteiger partial charge on any atom is 0.0589 e. The summed E-state index contributed by atoms with van der Waals surface area (Å²) in [7, 11) is 0. The molecule has 1 N–H and O–H groups in total. The third-order valence-corrected chi connectivity index (χ3v) is 1.75. The van der Waals surface area contributed by atoms with Crippen LogP contribution in [0, 0.1) is 5.92 Å². The van der Waals surface area contributed by atoms with E-state index in [2.05, 4.69) is 23.0 Å². The zero-order valence-electron chi connectivity index (χ0n) is 5.14. The molecular formula is C5H10N2S. The van der Waals surface area contributed by atoms with Gasteiger partial charge in [-0.25, -0.2) is 9.12 Å². The van der Waals surface area contributed by atoms with E-state index in [-0.39, 0.29) is 0 Å². The Morgan fingerprint density at radius 2 is 2.50 bits per heavy atom. The van der Waals surface area contributed by atoms with Crippen LogP contribution in [-0.2, 0) is 0 Å². The first kappa shape index (κ1) is 6.11. The molecule has 0 aromatic carbocycles. The Morgan fingerprint density at radius 1 is 1.75 bits per heavy atom. The van der Waals surface area contributed by atoms with Gasteiger partial charge in [0.15, 0.2) is 0 Å². The minimum Gasteiger partial charge on any atom is -0.239 e. The molecule has 0 fully saturated rings. The normalized spacial score (nSPS) is 19.6. The Hall–Kier alpha value is -0.0200. The highest BCUT2D eigenvalue weighted by atomic mass is 32.2. The van der Waals surface area contributed by atoms with Crippen molar-refractivity contribution in [2.24, 2.45) is 10.3 Å². The molecule has 8 heavy (non-hydrogen) atoms. The molecule has 0 atom stereocenters. The molecule has 0 unspecified atom stereocenters. The second-order valence-corrected chi connectivity index (χ2v) is 2.80. The Morgan fingerprint density at radius 3 is 2.75 bits per heavy atom. The largest absolute Gasteiger partial charge is 0.239 e. The predicted molar refractivity (Wildman–Crippen MR) is 37.9 cm³/mol. The van der Waals surface area contributed by atoms with Gasteiger partial charge in [-0.15, -0.1) is 0 Å². The van der Waals surface area contributed by atoms with Gasteiger partial charge in [-0.2, -0.15) is 0 Å². The Labute approximate surface area is 54.0 Å². The summed E-state index contributed by atoms with van der Waals surface area (Å²) in [6, 6.07) is 0. The predicted octanol–water partition coefficient (Wildman–Crippen LogP) is 1.25. The van der Waals surface area contributed by atoms with E-state index in [4.69, 9.17) is 0 Å². The second-order valence-electron chi connectivity index (χ2n) is 2.15. The second kappa shape index (κ2) is 2.51. The third kappa shape index (κ3) is 1.23. The summed E-state index contributed by atoms with van der Waals surface area (Å²) in [4.78, 5) is 0. The van der Waals surface area contributed by atoms with E-state index in [0.717, 1.165) is 6.54 Å². The maximum atomic E-state index is 4.16. The van der Waals surface area contributed by atoms with Crippen molar-refractivity contribution in [3.63, 3.8) is 0 Å². The number of nitrogens with zero attached hydrogens (tertiary/aromatic N) is 1. The van der Waals surface area contributed by atoms with Gasteiger partial charge >= 0.3 is 0 Å². The molecule has 1 rings (SSSR count). The summed E-state index contributed by atoms with van der Waals surface area (Å²) in [6.07, 6.45) is 0. The molecule has 0 amide bonds. The Balaban J connectivity index is 2.45. The van der Waals surface area contributed by atoms with E-state index in [0.29, 0.717) is 5.92 Å². The van der Waals surface area contributed by atoms with Gasteiger partial charge in [-0.05, 0) is 5.92 Å². The lowest BCUT2D eigenvalue weighted by Gasteiger charge is -1.98. The molecule has 2 nitrogen and oxygen atoms in total. The minimum absolute atomic E-state index is 0.609. The molecule has 0 saturated carbocycles. The molecule has 0 radical (unpaired) electrons. The molecule has 0 aromatic rings. The molecule has 0 aliphatic carbocycles. The average Bonchev–Trinajstić information content (AvgIpc) is 2.12. The first-order valence-corrected chi connectivity index (χ1v) is 3.53. The van der Waals surface area contributed by atoms with Crippen molar-refractivity contribution < 1.29 is 0 Å². The van der Waals surface area contributed by atoms with Gasteiger partial charge in [0, 0.05) is 12.3 Å². The van der Waals surface area contributed by atoms with Gasteiger partial charge in [-0.1, -0.05) is 13.8 Å². The summed E-state index contributed by atoms with van der Waals surface area (Å²) < 4.78 is 7.22. The highest BCUT2D eigenvalue weighted by molar-refractivity contribution is 7.96. The lowest BCUT2D eigenvalue weighted by Crippen LogP contribution is -2.14. The van der Waals surface area contributed by atoms with Gasteiger partial charge < -0.3 is 0 Å². The Kier molecular flexibility index (Phi) is 1.91. The monoisotopic (exact) mass is 130 g/mol. The maximum absolute atomic E-state index is 4.16. The quantitative estimate of drug-likeness (QED) is 0.540. The van der Waals surface area contributed by atoms with E-state index in [1.165, 1.54) is 17.8 Å². The SMILES string of the molecule is CC(C)C1=NSNC1. The van der Waals surface area contributed by atoms with Crippen molar-refractivity contribution in [2.75, 3.05) is 6.54 Å². The van der Waals surface area contributed by atoms with Crippen LogP contribution in [0.25, 0.3) is 0 Å². The fourth-order valence-electron chi connectivity index (χ4n) is 0.539. The van der Waals surface area contributed by atoms with Gasteiger partial charge in [0.05, 0.1) is 12.1 Å². The summed E-state index contributed by atoms with van der Waals surface area (Å²) >= 11 is 1.45. The van der Waals surface area contributed by atoms with Crippen LogP contribution in [-0.4, -0.2) is 12.3 Å². The molecule has 3 heteroatoms. The van der Waals surface area contributed by atoms with Crippen LogP contribution in [0.4, 0.5) is 0 Å². The minimum atomic E-state index is 0.609. The van der Waals surface area contributed by atoms with E-state index in [1.54, 1.807) is 0 Å². The van der Waals surface area contributed by atoms with Crippen molar-refractivity contribution in [1.82, 2.24) is 4.72 Å². The van der Waals surface area contributed by atoms with Gasteiger partial charge in [0.2, 0.25) is 0 Å². The lowest BCUT2D eigenvalue weighted by molar-refractivity contribution is 0.868. The standard InChI is InChI=1S/C5H10N2S/c1-4(2)5-3-6-8-7-5/h4,6H,3H2,1-2H3. The van der Waals surface area contributed by atoms with E-state index in [9.17, 15) is 0 Å². The molecule has 1 aliphatic rings. The molecule has 0 aromatic heterocycles. The summed E-state index contributed by atoms with van der Waals surface area (Å²) in [5.41, 5.74) is 1.27. The van der Waals surface area contributed by atoms with E-state index < -0.39 is 0 Å². The highest BCUT2D eigenvalue weighted by Gasteiger charge is 2.08. The van der Waals surface area contributed by atoms with Crippen molar-refractivity contribution in [3.8, 4) is 0 Å². The van der Waals surface area contributed by atoms with Crippen LogP contribution < -0.4 is 4.72 Å². The van der Waals surface area contributed by atoms with Crippen LogP contribution in [0.15, 0.2) is 4.40 Å². The highest BCUT2D eigenvalue weighted by Crippen LogP contribution is 2.09.